The molecule has 4 rings (SSSR count). The van der Waals surface area contributed by atoms with Gasteiger partial charge in [0, 0.05) is 5.57 Å². The zero-order valence-corrected chi connectivity index (χ0v) is 15.0. The van der Waals surface area contributed by atoms with Crippen LogP contribution in [0.3, 0.4) is 0 Å². The third-order valence-corrected chi connectivity index (χ3v) is 4.96. The summed E-state index contributed by atoms with van der Waals surface area (Å²) in [5, 5.41) is 7.92. The van der Waals surface area contributed by atoms with E-state index in [1.807, 2.05) is 0 Å². The molecule has 0 amide bonds. The van der Waals surface area contributed by atoms with Crippen molar-refractivity contribution in [1.29, 1.82) is 0 Å². The van der Waals surface area contributed by atoms with Crippen molar-refractivity contribution in [3.8, 4) is 0 Å². The molecule has 4 aromatic rings. The quantitative estimate of drug-likeness (QED) is 0.185. The minimum atomic E-state index is -0.298. The number of ether oxygens (including phenoxy) is 1. The topological polar surface area (TPSA) is 26.3 Å². The minimum absolute atomic E-state index is 0.298. The molecule has 0 bridgehead atoms. The van der Waals surface area contributed by atoms with Gasteiger partial charge in [-0.2, -0.15) is 0 Å². The smallest absolute Gasteiger partial charge is 0.333 e. The molecule has 2 heteroatoms. The van der Waals surface area contributed by atoms with Gasteiger partial charge in [0.1, 0.15) is 0 Å². The van der Waals surface area contributed by atoms with Crippen LogP contribution in [-0.4, -0.2) is 12.6 Å². The summed E-state index contributed by atoms with van der Waals surface area (Å²) in [6.45, 7) is 5.73. The molecule has 0 atom stereocenters. The fourth-order valence-electron chi connectivity index (χ4n) is 3.68. The third-order valence-electron chi connectivity index (χ3n) is 4.96. The molecule has 0 aliphatic carbocycles. The summed E-state index contributed by atoms with van der Waals surface area (Å²) in [7, 11) is 0. The largest absolute Gasteiger partial charge is 0.462 e. The first-order valence-electron chi connectivity index (χ1n) is 9.12. The number of benzene rings is 4. The summed E-state index contributed by atoms with van der Waals surface area (Å²) in [5.74, 6) is -0.298. The maximum absolute atomic E-state index is 11.4. The lowest BCUT2D eigenvalue weighted by molar-refractivity contribution is -0.139. The van der Waals surface area contributed by atoms with E-state index in [0.717, 1.165) is 19.3 Å². The van der Waals surface area contributed by atoms with Crippen molar-refractivity contribution in [2.45, 2.75) is 26.2 Å². The molecule has 0 N–H and O–H groups in total. The van der Waals surface area contributed by atoms with Gasteiger partial charge < -0.3 is 4.74 Å². The van der Waals surface area contributed by atoms with Crippen LogP contribution in [0.15, 0.2) is 66.7 Å². The first-order chi connectivity index (χ1) is 12.6. The molecule has 0 saturated carbocycles. The number of aryl methyl sites for hydroxylation is 1. The molecule has 130 valence electrons. The molecule has 26 heavy (non-hydrogen) atoms. The number of unbranched alkanes of at least 4 members (excludes halogenated alkanes) is 1. The van der Waals surface area contributed by atoms with E-state index in [9.17, 15) is 4.79 Å². The predicted molar refractivity (Wildman–Crippen MR) is 109 cm³/mol. The second-order valence-corrected chi connectivity index (χ2v) is 7.00. The van der Waals surface area contributed by atoms with Crippen molar-refractivity contribution >= 4 is 38.3 Å². The van der Waals surface area contributed by atoms with Gasteiger partial charge in [-0.25, -0.2) is 4.79 Å². The fourth-order valence-corrected chi connectivity index (χ4v) is 3.68. The molecule has 0 radical (unpaired) electrons. The maximum atomic E-state index is 11.4. The van der Waals surface area contributed by atoms with Crippen LogP contribution < -0.4 is 0 Å². The standard InChI is InChI=1S/C24H22O2/c1-16(2)24(25)26-13-4-3-6-17-14-20-11-9-18-7-5-8-19-10-12-21(15-17)23(20)22(18)19/h5,7-12,14-15H,1,3-4,6,13H2,2H3. The van der Waals surface area contributed by atoms with E-state index in [2.05, 4.69) is 61.2 Å². The van der Waals surface area contributed by atoms with Gasteiger partial charge in [-0.3, -0.25) is 0 Å². The van der Waals surface area contributed by atoms with Crippen LogP contribution in [0, 0.1) is 0 Å². The molecule has 0 unspecified atom stereocenters. The van der Waals surface area contributed by atoms with Crippen LogP contribution in [-0.2, 0) is 16.0 Å². The molecule has 0 aliphatic rings. The van der Waals surface area contributed by atoms with Gasteiger partial charge in [-0.05, 0) is 64.1 Å². The van der Waals surface area contributed by atoms with Gasteiger partial charge in [0.2, 0.25) is 0 Å². The van der Waals surface area contributed by atoms with E-state index in [-0.39, 0.29) is 5.97 Å². The Morgan fingerprint density at radius 1 is 0.885 bits per heavy atom. The normalized spacial score (nSPS) is 11.4. The maximum Gasteiger partial charge on any atom is 0.333 e. The Bertz CT molecular complexity index is 1040. The van der Waals surface area contributed by atoms with Gasteiger partial charge in [0.25, 0.3) is 0 Å². The average Bonchev–Trinajstić information content (AvgIpc) is 2.65. The molecule has 0 aliphatic heterocycles. The number of hydrogen-bond donors (Lipinski definition) is 0. The monoisotopic (exact) mass is 342 g/mol. The summed E-state index contributed by atoms with van der Waals surface area (Å²) in [4.78, 5) is 11.4. The summed E-state index contributed by atoms with van der Waals surface area (Å²) in [6.07, 6.45) is 2.85. The van der Waals surface area contributed by atoms with E-state index in [4.69, 9.17) is 4.74 Å². The highest BCUT2D eigenvalue weighted by Crippen LogP contribution is 2.35. The molecule has 2 nitrogen and oxygen atoms in total. The lowest BCUT2D eigenvalue weighted by Gasteiger charge is -2.12. The molecule has 0 fully saturated rings. The van der Waals surface area contributed by atoms with Crippen molar-refractivity contribution in [3.05, 3.63) is 72.3 Å². The van der Waals surface area contributed by atoms with E-state index in [1.54, 1.807) is 6.92 Å². The number of carbonyl (C=O) groups is 1. The third kappa shape index (κ3) is 3.03. The van der Waals surface area contributed by atoms with Gasteiger partial charge in [0.05, 0.1) is 6.61 Å². The second kappa shape index (κ2) is 6.80. The van der Waals surface area contributed by atoms with E-state index >= 15 is 0 Å². The number of hydrogen-bond acceptors (Lipinski definition) is 2. The summed E-state index contributed by atoms with van der Waals surface area (Å²) < 4.78 is 5.16. The van der Waals surface area contributed by atoms with Gasteiger partial charge in [0.15, 0.2) is 0 Å². The number of esters is 1. The van der Waals surface area contributed by atoms with E-state index < -0.39 is 0 Å². The summed E-state index contributed by atoms with van der Waals surface area (Å²) in [6, 6.07) is 20.0. The van der Waals surface area contributed by atoms with Crippen molar-refractivity contribution < 1.29 is 9.53 Å². The van der Waals surface area contributed by atoms with Crippen LogP contribution in [0.4, 0.5) is 0 Å². The van der Waals surface area contributed by atoms with Crippen LogP contribution in [0.25, 0.3) is 32.3 Å². The number of rotatable bonds is 6. The Morgan fingerprint density at radius 3 is 2.08 bits per heavy atom. The highest BCUT2D eigenvalue weighted by atomic mass is 16.5. The summed E-state index contributed by atoms with van der Waals surface area (Å²) >= 11 is 0. The van der Waals surface area contributed by atoms with Gasteiger partial charge in [-0.15, -0.1) is 0 Å². The molecule has 0 saturated heterocycles. The second-order valence-electron chi connectivity index (χ2n) is 7.00. The Labute approximate surface area is 153 Å². The Morgan fingerprint density at radius 2 is 1.46 bits per heavy atom. The molecular formula is C24H22O2. The van der Waals surface area contributed by atoms with E-state index in [1.165, 1.54) is 37.9 Å². The first kappa shape index (κ1) is 16.6. The molecular weight excluding hydrogens is 320 g/mol. The summed E-state index contributed by atoms with van der Waals surface area (Å²) in [5.41, 5.74) is 1.79. The van der Waals surface area contributed by atoms with Crippen molar-refractivity contribution in [1.82, 2.24) is 0 Å². The van der Waals surface area contributed by atoms with Crippen LogP contribution >= 0.6 is 0 Å². The van der Waals surface area contributed by atoms with Crippen molar-refractivity contribution in [2.75, 3.05) is 6.61 Å². The highest BCUT2D eigenvalue weighted by molar-refractivity contribution is 6.23. The lowest BCUT2D eigenvalue weighted by Crippen LogP contribution is -2.06. The molecule has 4 aromatic carbocycles. The zero-order chi connectivity index (χ0) is 18.1. The van der Waals surface area contributed by atoms with Crippen LogP contribution in [0.5, 0.6) is 0 Å². The van der Waals surface area contributed by atoms with Gasteiger partial charge in [-0.1, -0.05) is 61.2 Å². The minimum Gasteiger partial charge on any atom is -0.462 e. The highest BCUT2D eigenvalue weighted by Gasteiger charge is 2.09. The first-order valence-corrected chi connectivity index (χ1v) is 9.12. The fraction of sp³-hybridized carbons (Fsp3) is 0.208. The van der Waals surface area contributed by atoms with Crippen molar-refractivity contribution in [2.24, 2.45) is 0 Å². The number of carbonyl (C=O) groups excluding carboxylic acids is 1. The predicted octanol–water partition coefficient (Wildman–Crippen LogP) is 6.03. The van der Waals surface area contributed by atoms with Crippen molar-refractivity contribution in [3.63, 3.8) is 0 Å². The van der Waals surface area contributed by atoms with Gasteiger partial charge >= 0.3 is 5.97 Å². The lowest BCUT2D eigenvalue weighted by atomic mass is 9.92. The average molecular weight is 342 g/mol. The SMILES string of the molecule is C=C(C)C(=O)OCCCCc1cc2ccc3cccc4ccc(c1)c2c34. The Hall–Kier alpha value is -2.87. The zero-order valence-electron chi connectivity index (χ0n) is 15.0. The van der Waals surface area contributed by atoms with E-state index in [0.29, 0.717) is 12.2 Å². The molecule has 0 spiro atoms. The Kier molecular flexibility index (Phi) is 4.34. The van der Waals surface area contributed by atoms with Crippen LogP contribution in [0.1, 0.15) is 25.3 Å². The Balaban J connectivity index is 1.54. The molecule has 0 heterocycles. The van der Waals surface area contributed by atoms with Crippen LogP contribution in [0.2, 0.25) is 0 Å². The molecule has 0 aromatic heterocycles.